The van der Waals surface area contributed by atoms with Crippen molar-refractivity contribution in [2.45, 2.75) is 13.5 Å². The molecule has 0 spiro atoms. The average Bonchev–Trinajstić information content (AvgIpc) is 3.25. The second kappa shape index (κ2) is 9.67. The summed E-state index contributed by atoms with van der Waals surface area (Å²) in [6.07, 6.45) is 0. The fourth-order valence-corrected chi connectivity index (χ4v) is 5.61. The number of benzene rings is 3. The first-order valence-corrected chi connectivity index (χ1v) is 12.1. The van der Waals surface area contributed by atoms with Gasteiger partial charge in [0.05, 0.1) is 29.7 Å². The van der Waals surface area contributed by atoms with Crippen molar-refractivity contribution < 1.29 is 18.4 Å². The molecule has 192 valence electrons. The molecule has 3 aromatic carbocycles. The molecule has 0 N–H and O–H groups in total. The van der Waals surface area contributed by atoms with Gasteiger partial charge in [-0.25, -0.2) is 18.1 Å². The Morgan fingerprint density at radius 3 is 2.29 bits per heavy atom. The van der Waals surface area contributed by atoms with Gasteiger partial charge in [0, 0.05) is 28.6 Å². The summed E-state index contributed by atoms with van der Waals surface area (Å²) in [4.78, 5) is 38.9. The highest BCUT2D eigenvalue weighted by molar-refractivity contribution is 7.22. The summed E-state index contributed by atoms with van der Waals surface area (Å²) in [5.41, 5.74) is -0.456. The van der Waals surface area contributed by atoms with E-state index in [0.717, 1.165) is 28.0 Å². The maximum atomic E-state index is 14.6. The van der Waals surface area contributed by atoms with Crippen LogP contribution >= 0.6 is 11.3 Å². The van der Waals surface area contributed by atoms with Gasteiger partial charge in [0.25, 0.3) is 11.2 Å². The van der Waals surface area contributed by atoms with Crippen LogP contribution in [-0.4, -0.2) is 21.2 Å². The number of aryl methyl sites for hydroxylation is 1. The van der Waals surface area contributed by atoms with Crippen molar-refractivity contribution in [3.63, 3.8) is 0 Å². The second-order valence-corrected chi connectivity index (χ2v) is 9.45. The molecule has 5 rings (SSSR count). The van der Waals surface area contributed by atoms with Crippen molar-refractivity contribution in [2.24, 2.45) is 0 Å². The maximum absolute atomic E-state index is 14.6. The van der Waals surface area contributed by atoms with E-state index in [0.29, 0.717) is 21.8 Å². The summed E-state index contributed by atoms with van der Waals surface area (Å²) in [5.74, 6) is -1.24. The number of nitrogens with zero attached hydrogens (tertiary/aromatic N) is 3. The lowest BCUT2D eigenvalue weighted by Gasteiger charge is -2.14. The third-order valence-corrected chi connectivity index (χ3v) is 7.61. The molecule has 8 nitrogen and oxygen atoms in total. The molecule has 2 aromatic heterocycles. The zero-order valence-corrected chi connectivity index (χ0v) is 20.9. The molecule has 0 saturated heterocycles. The number of aromatic nitrogens is 2. The predicted molar refractivity (Wildman–Crippen MR) is 141 cm³/mol. The number of hydrogen-bond donors (Lipinski definition) is 0. The van der Waals surface area contributed by atoms with Crippen LogP contribution in [-0.2, 0) is 6.54 Å². The molecular formula is C27H19F2N3O5S. The van der Waals surface area contributed by atoms with Gasteiger partial charge in [-0.05, 0) is 54.4 Å². The second-order valence-electron chi connectivity index (χ2n) is 8.45. The number of fused-ring (bicyclic) bond motifs is 1. The lowest BCUT2D eigenvalue weighted by Crippen LogP contribution is -2.39. The Balaban J connectivity index is 1.84. The normalized spacial score (nSPS) is 11.2. The molecule has 0 aliphatic carbocycles. The number of halogens is 2. The van der Waals surface area contributed by atoms with E-state index in [9.17, 15) is 28.5 Å². The number of thiophene rings is 1. The lowest BCUT2D eigenvalue weighted by molar-refractivity contribution is -0.384. The zero-order chi connectivity index (χ0) is 27.1. The van der Waals surface area contributed by atoms with Gasteiger partial charge < -0.3 is 4.74 Å². The van der Waals surface area contributed by atoms with E-state index in [1.165, 1.54) is 35.9 Å². The van der Waals surface area contributed by atoms with E-state index in [2.05, 4.69) is 0 Å². The minimum Gasteiger partial charge on any atom is -0.497 e. The number of non-ortho nitro benzene ring substituents is 1. The summed E-state index contributed by atoms with van der Waals surface area (Å²) in [7, 11) is 1.45. The minimum absolute atomic E-state index is 0.0974. The third kappa shape index (κ3) is 4.16. The predicted octanol–water partition coefficient (Wildman–Crippen LogP) is 5.43. The van der Waals surface area contributed by atoms with Crippen molar-refractivity contribution in [2.75, 3.05) is 7.11 Å². The summed E-state index contributed by atoms with van der Waals surface area (Å²) in [5, 5.41) is 11.3. The van der Waals surface area contributed by atoms with Crippen LogP contribution in [0.3, 0.4) is 0 Å². The standard InChI is InChI=1S/C27H19F2N3O5S/c1-15-23-25(33)31(18-5-3-6-19(13-18)37-2)27(34)30(14-20-21(28)7-4-8-22(20)29)26(23)38-24(15)16-9-11-17(12-10-16)32(35)36/h3-13H,14H2,1-2H3. The highest BCUT2D eigenvalue weighted by Crippen LogP contribution is 2.37. The topological polar surface area (TPSA) is 96.4 Å². The van der Waals surface area contributed by atoms with Crippen LogP contribution < -0.4 is 16.0 Å². The Bertz CT molecular complexity index is 1820. The van der Waals surface area contributed by atoms with Crippen molar-refractivity contribution in [3.8, 4) is 21.9 Å². The van der Waals surface area contributed by atoms with Crippen LogP contribution in [0, 0.1) is 28.7 Å². The fourth-order valence-electron chi connectivity index (χ4n) is 4.31. The Morgan fingerprint density at radius 1 is 1.00 bits per heavy atom. The van der Waals surface area contributed by atoms with Crippen LogP contribution in [0.4, 0.5) is 14.5 Å². The smallest absolute Gasteiger partial charge is 0.337 e. The van der Waals surface area contributed by atoms with Crippen LogP contribution in [0.5, 0.6) is 5.75 Å². The van der Waals surface area contributed by atoms with E-state index in [4.69, 9.17) is 4.74 Å². The molecule has 0 radical (unpaired) electrons. The summed E-state index contributed by atoms with van der Waals surface area (Å²) in [6.45, 7) is 1.24. The van der Waals surface area contributed by atoms with Gasteiger partial charge in [0.15, 0.2) is 0 Å². The highest BCUT2D eigenvalue weighted by Gasteiger charge is 2.23. The molecule has 0 atom stereocenters. The number of methoxy groups -OCH3 is 1. The van der Waals surface area contributed by atoms with E-state index in [-0.39, 0.29) is 27.2 Å². The molecule has 0 aliphatic rings. The zero-order valence-electron chi connectivity index (χ0n) is 20.1. The molecule has 38 heavy (non-hydrogen) atoms. The SMILES string of the molecule is COc1cccc(-n2c(=O)c3c(C)c(-c4ccc([N+](=O)[O-])cc4)sc3n(Cc3c(F)cccc3F)c2=O)c1. The maximum Gasteiger partial charge on any atom is 0.337 e. The van der Waals surface area contributed by atoms with Gasteiger partial charge in [0.2, 0.25) is 0 Å². The van der Waals surface area contributed by atoms with Crippen LogP contribution in [0.25, 0.3) is 26.3 Å². The Hall–Kier alpha value is -4.64. The molecule has 0 saturated carbocycles. The van der Waals surface area contributed by atoms with Gasteiger partial charge in [-0.15, -0.1) is 11.3 Å². The van der Waals surface area contributed by atoms with Crippen LogP contribution in [0.2, 0.25) is 0 Å². The highest BCUT2D eigenvalue weighted by atomic mass is 32.1. The minimum atomic E-state index is -0.826. The first-order valence-electron chi connectivity index (χ1n) is 11.3. The monoisotopic (exact) mass is 535 g/mol. The molecule has 0 fully saturated rings. The summed E-state index contributed by atoms with van der Waals surface area (Å²) in [6, 6.07) is 15.6. The molecule has 0 aliphatic heterocycles. The van der Waals surface area contributed by atoms with Gasteiger partial charge in [0.1, 0.15) is 22.2 Å². The third-order valence-electron chi connectivity index (χ3n) is 6.24. The van der Waals surface area contributed by atoms with Crippen LogP contribution in [0.15, 0.2) is 76.3 Å². The van der Waals surface area contributed by atoms with Crippen LogP contribution in [0.1, 0.15) is 11.1 Å². The van der Waals surface area contributed by atoms with E-state index in [1.54, 1.807) is 37.3 Å². The molecule has 0 unspecified atom stereocenters. The van der Waals surface area contributed by atoms with Crippen molar-refractivity contribution in [3.05, 3.63) is 120 Å². The molecule has 11 heteroatoms. The average molecular weight is 536 g/mol. The van der Waals surface area contributed by atoms with E-state index >= 15 is 0 Å². The largest absolute Gasteiger partial charge is 0.497 e. The van der Waals surface area contributed by atoms with Gasteiger partial charge >= 0.3 is 5.69 Å². The summed E-state index contributed by atoms with van der Waals surface area (Å²) < 4.78 is 36.6. The molecule has 2 heterocycles. The van der Waals surface area contributed by atoms with E-state index in [1.807, 2.05) is 0 Å². The lowest BCUT2D eigenvalue weighted by atomic mass is 10.1. The first-order chi connectivity index (χ1) is 18.2. The van der Waals surface area contributed by atoms with Gasteiger partial charge in [-0.2, -0.15) is 0 Å². The molecule has 5 aromatic rings. The Morgan fingerprint density at radius 2 is 1.66 bits per heavy atom. The van der Waals surface area contributed by atoms with Crippen molar-refractivity contribution >= 4 is 27.2 Å². The quantitative estimate of drug-likeness (QED) is 0.213. The molecule has 0 bridgehead atoms. The van der Waals surface area contributed by atoms with Gasteiger partial charge in [-0.1, -0.05) is 12.1 Å². The molecular weight excluding hydrogens is 516 g/mol. The van der Waals surface area contributed by atoms with Gasteiger partial charge in [-0.3, -0.25) is 19.5 Å². The first kappa shape index (κ1) is 25.0. The Kier molecular flexibility index (Phi) is 6.37. The number of rotatable bonds is 6. The van der Waals surface area contributed by atoms with Crippen molar-refractivity contribution in [1.82, 2.24) is 9.13 Å². The number of ether oxygens (including phenoxy) is 1. The Labute approximate surface area is 217 Å². The van der Waals surface area contributed by atoms with Crippen molar-refractivity contribution in [1.29, 1.82) is 0 Å². The molecule has 0 amide bonds. The number of hydrogen-bond acceptors (Lipinski definition) is 6. The number of nitro groups is 1. The van der Waals surface area contributed by atoms with E-state index < -0.39 is 34.4 Å². The number of nitro benzene ring substituents is 1. The summed E-state index contributed by atoms with van der Waals surface area (Å²) >= 11 is 1.10. The fraction of sp³-hybridized carbons (Fsp3) is 0.111.